The van der Waals surface area contributed by atoms with E-state index in [2.05, 4.69) is 20.2 Å². The van der Waals surface area contributed by atoms with Crippen LogP contribution in [0, 0.1) is 0 Å². The van der Waals surface area contributed by atoms with E-state index in [9.17, 15) is 4.79 Å². The number of carbonyl (C=O) groups is 1. The van der Waals surface area contributed by atoms with Crippen molar-refractivity contribution in [3.63, 3.8) is 0 Å². The number of nitrogens with one attached hydrogen (secondary N) is 1. The summed E-state index contributed by atoms with van der Waals surface area (Å²) in [5, 5.41) is 9.06. The Morgan fingerprint density at radius 1 is 1.00 bits per heavy atom. The summed E-state index contributed by atoms with van der Waals surface area (Å²) in [6, 6.07) is 11.2. The minimum Gasteiger partial charge on any atom is -0.368 e. The quantitative estimate of drug-likeness (QED) is 0.447. The fraction of sp³-hybridized carbons (Fsp3) is 0.391. The number of unbranched alkanes of at least 4 members (excludes halogenated alkanes) is 2. The number of hydrogen-bond acceptors (Lipinski definition) is 4. The van der Waals surface area contributed by atoms with E-state index in [4.69, 9.17) is 34.8 Å². The monoisotopic (exact) mass is 493 g/mol. The Hall–Kier alpha value is -1.99. The molecule has 32 heavy (non-hydrogen) atoms. The molecule has 170 valence electrons. The summed E-state index contributed by atoms with van der Waals surface area (Å²) >= 11 is 18.5. The zero-order chi connectivity index (χ0) is 22.5. The zero-order valence-electron chi connectivity index (χ0n) is 17.7. The normalized spacial score (nSPS) is 14.8. The van der Waals surface area contributed by atoms with Gasteiger partial charge >= 0.3 is 0 Å². The fourth-order valence-corrected chi connectivity index (χ4v) is 4.52. The first-order chi connectivity index (χ1) is 15.5. The summed E-state index contributed by atoms with van der Waals surface area (Å²) < 4.78 is 1.62. The van der Waals surface area contributed by atoms with Gasteiger partial charge in [0.15, 0.2) is 5.69 Å². The lowest BCUT2D eigenvalue weighted by molar-refractivity contribution is 0.0947. The van der Waals surface area contributed by atoms with Crippen LogP contribution in [0.3, 0.4) is 0 Å². The Balaban J connectivity index is 1.12. The Bertz CT molecular complexity index is 1080. The van der Waals surface area contributed by atoms with Crippen LogP contribution in [0.4, 0.5) is 5.69 Å². The van der Waals surface area contributed by atoms with Crippen LogP contribution >= 0.6 is 34.8 Å². The van der Waals surface area contributed by atoms with E-state index >= 15 is 0 Å². The maximum Gasteiger partial charge on any atom is 0.271 e. The highest BCUT2D eigenvalue weighted by molar-refractivity contribution is 6.43. The van der Waals surface area contributed by atoms with Crippen LogP contribution in [0.5, 0.6) is 0 Å². The number of anilines is 1. The predicted molar refractivity (Wildman–Crippen MR) is 132 cm³/mol. The van der Waals surface area contributed by atoms with Crippen molar-refractivity contribution in [2.45, 2.75) is 19.3 Å². The number of benzene rings is 1. The molecule has 1 aliphatic rings. The molecule has 0 unspecified atom stereocenters. The highest BCUT2D eigenvalue weighted by Crippen LogP contribution is 2.32. The molecule has 1 aromatic carbocycles. The lowest BCUT2D eigenvalue weighted by Gasteiger charge is -2.36. The molecule has 0 bridgehead atoms. The summed E-state index contributed by atoms with van der Waals surface area (Å²) in [4.78, 5) is 17.1. The maximum atomic E-state index is 12.3. The number of hydrogen-bond donors (Lipinski definition) is 1. The van der Waals surface area contributed by atoms with Crippen molar-refractivity contribution in [2.24, 2.45) is 0 Å². The first kappa shape index (κ1) is 23.2. The van der Waals surface area contributed by atoms with Gasteiger partial charge in [0.1, 0.15) is 0 Å². The molecule has 9 heteroatoms. The molecule has 0 saturated carbocycles. The van der Waals surface area contributed by atoms with E-state index in [1.54, 1.807) is 22.8 Å². The van der Waals surface area contributed by atoms with Gasteiger partial charge in [0, 0.05) is 38.9 Å². The zero-order valence-corrected chi connectivity index (χ0v) is 20.0. The minimum absolute atomic E-state index is 0.152. The van der Waals surface area contributed by atoms with Crippen LogP contribution in [-0.2, 0) is 0 Å². The summed E-state index contributed by atoms with van der Waals surface area (Å²) in [6.45, 7) is 5.63. The lowest BCUT2D eigenvalue weighted by Crippen LogP contribution is -2.46. The first-order valence-corrected chi connectivity index (χ1v) is 12.0. The second kappa shape index (κ2) is 10.8. The molecular formula is C23H26Cl3N5O. The second-order valence-electron chi connectivity index (χ2n) is 7.96. The number of pyridine rings is 1. The van der Waals surface area contributed by atoms with E-state index in [1.165, 1.54) is 0 Å². The Kier molecular flexibility index (Phi) is 7.79. The van der Waals surface area contributed by atoms with Gasteiger partial charge in [-0.25, -0.2) is 4.52 Å². The van der Waals surface area contributed by atoms with Crippen molar-refractivity contribution in [2.75, 3.05) is 44.2 Å². The van der Waals surface area contributed by atoms with Crippen molar-refractivity contribution >= 4 is 51.9 Å². The Morgan fingerprint density at radius 2 is 1.81 bits per heavy atom. The molecule has 3 aromatic rings. The molecule has 2 aromatic heterocycles. The van der Waals surface area contributed by atoms with Gasteiger partial charge in [-0.1, -0.05) is 47.3 Å². The molecule has 1 saturated heterocycles. The van der Waals surface area contributed by atoms with Gasteiger partial charge in [-0.05, 0) is 49.7 Å². The van der Waals surface area contributed by atoms with Gasteiger partial charge in [0.25, 0.3) is 5.91 Å². The number of aromatic nitrogens is 2. The third-order valence-electron chi connectivity index (χ3n) is 5.74. The number of piperazine rings is 1. The van der Waals surface area contributed by atoms with Crippen LogP contribution in [0.25, 0.3) is 5.52 Å². The molecule has 0 aliphatic carbocycles. The van der Waals surface area contributed by atoms with Crippen LogP contribution in [0.15, 0.2) is 42.6 Å². The number of halogens is 3. The third-order valence-corrected chi connectivity index (χ3v) is 6.77. The minimum atomic E-state index is -0.152. The number of carbonyl (C=O) groups excluding carboxylic acids is 1. The topological polar surface area (TPSA) is 52.9 Å². The van der Waals surface area contributed by atoms with E-state index in [-0.39, 0.29) is 5.91 Å². The molecule has 0 radical (unpaired) electrons. The van der Waals surface area contributed by atoms with Crippen molar-refractivity contribution in [3.8, 4) is 0 Å². The Morgan fingerprint density at radius 3 is 2.62 bits per heavy atom. The molecule has 0 spiro atoms. The molecule has 1 fully saturated rings. The molecule has 6 nitrogen and oxygen atoms in total. The van der Waals surface area contributed by atoms with E-state index < -0.39 is 0 Å². The van der Waals surface area contributed by atoms with Crippen LogP contribution in [0.2, 0.25) is 15.1 Å². The SMILES string of the molecule is O=C(NCCCCCN1CCN(c2cccc(Cl)c2Cl)CC1)c1cc2ccc(Cl)cn2n1. The van der Waals surface area contributed by atoms with Gasteiger partial charge in [-0.3, -0.25) is 9.69 Å². The van der Waals surface area contributed by atoms with Gasteiger partial charge in [0.2, 0.25) is 0 Å². The van der Waals surface area contributed by atoms with E-state index in [1.807, 2.05) is 24.3 Å². The van der Waals surface area contributed by atoms with Gasteiger partial charge in [0.05, 0.1) is 26.3 Å². The van der Waals surface area contributed by atoms with Crippen LogP contribution in [0.1, 0.15) is 29.8 Å². The average Bonchev–Trinajstić information content (AvgIpc) is 3.22. The highest BCUT2D eigenvalue weighted by atomic mass is 35.5. The average molecular weight is 495 g/mol. The lowest BCUT2D eigenvalue weighted by atomic mass is 10.2. The van der Waals surface area contributed by atoms with Crippen molar-refractivity contribution in [1.82, 2.24) is 19.8 Å². The van der Waals surface area contributed by atoms with Crippen molar-refractivity contribution in [3.05, 3.63) is 63.4 Å². The summed E-state index contributed by atoms with van der Waals surface area (Å²) in [5.41, 5.74) is 2.27. The first-order valence-electron chi connectivity index (χ1n) is 10.9. The molecule has 1 N–H and O–H groups in total. The van der Waals surface area contributed by atoms with Gasteiger partial charge in [-0.2, -0.15) is 5.10 Å². The predicted octanol–water partition coefficient (Wildman–Crippen LogP) is 5.02. The van der Waals surface area contributed by atoms with Gasteiger partial charge < -0.3 is 10.2 Å². The van der Waals surface area contributed by atoms with Crippen molar-refractivity contribution in [1.29, 1.82) is 0 Å². The molecule has 4 rings (SSSR count). The molecule has 1 aliphatic heterocycles. The number of nitrogens with zero attached hydrogens (tertiary/aromatic N) is 4. The van der Waals surface area contributed by atoms with Crippen LogP contribution < -0.4 is 10.2 Å². The largest absolute Gasteiger partial charge is 0.368 e. The summed E-state index contributed by atoms with van der Waals surface area (Å²) in [6.07, 6.45) is 4.82. The molecule has 3 heterocycles. The summed E-state index contributed by atoms with van der Waals surface area (Å²) in [7, 11) is 0. The number of fused-ring (bicyclic) bond motifs is 1. The van der Waals surface area contributed by atoms with E-state index in [0.717, 1.165) is 63.2 Å². The van der Waals surface area contributed by atoms with E-state index in [0.29, 0.717) is 27.3 Å². The standard InChI is InChI=1S/C23H26Cl3N5O/c24-17-7-8-18-15-20(28-31(18)16-17)23(32)27-9-2-1-3-10-29-11-13-30(14-12-29)21-6-4-5-19(25)22(21)26/h4-8,15-16H,1-3,9-14H2,(H,27,32). The fourth-order valence-electron chi connectivity index (χ4n) is 3.95. The smallest absolute Gasteiger partial charge is 0.271 e. The van der Waals surface area contributed by atoms with Crippen LogP contribution in [-0.4, -0.2) is 59.7 Å². The molecule has 0 atom stereocenters. The third kappa shape index (κ3) is 5.67. The second-order valence-corrected chi connectivity index (χ2v) is 9.19. The van der Waals surface area contributed by atoms with Crippen molar-refractivity contribution < 1.29 is 4.79 Å². The maximum absolute atomic E-state index is 12.3. The Labute approximate surface area is 203 Å². The summed E-state index contributed by atoms with van der Waals surface area (Å²) in [5.74, 6) is -0.152. The number of amides is 1. The van der Waals surface area contributed by atoms with Gasteiger partial charge in [-0.15, -0.1) is 0 Å². The number of rotatable bonds is 8. The highest BCUT2D eigenvalue weighted by Gasteiger charge is 2.19. The molecular weight excluding hydrogens is 469 g/mol. The molecule has 1 amide bonds.